The minimum atomic E-state index is -0.343. The van der Waals surface area contributed by atoms with Crippen molar-refractivity contribution in [2.45, 2.75) is 19.4 Å². The van der Waals surface area contributed by atoms with Crippen LogP contribution >= 0.6 is 0 Å². The lowest BCUT2D eigenvalue weighted by atomic mass is 10.1. The second-order valence-electron chi connectivity index (χ2n) is 6.73. The number of carbonyl (C=O) groups is 4. The van der Waals surface area contributed by atoms with Crippen molar-refractivity contribution in [3.05, 3.63) is 72.3 Å². The molecule has 5 amide bonds. The number of amides is 5. The molecule has 8 nitrogen and oxygen atoms in total. The van der Waals surface area contributed by atoms with E-state index < -0.39 is 0 Å². The van der Waals surface area contributed by atoms with Crippen molar-refractivity contribution < 1.29 is 19.2 Å². The topological polar surface area (TPSA) is 108 Å². The second kappa shape index (κ2) is 9.51. The minimum Gasteiger partial charge on any atom is -0.334 e. The van der Waals surface area contributed by atoms with Gasteiger partial charge in [0.25, 0.3) is 5.91 Å². The third kappa shape index (κ3) is 5.32. The zero-order chi connectivity index (χ0) is 21.5. The summed E-state index contributed by atoms with van der Waals surface area (Å²) in [6.45, 7) is 4.11. The number of benzene rings is 2. The van der Waals surface area contributed by atoms with Crippen molar-refractivity contribution in [3.8, 4) is 0 Å². The maximum absolute atomic E-state index is 12.4. The highest BCUT2D eigenvalue weighted by Crippen LogP contribution is 2.18. The van der Waals surface area contributed by atoms with Gasteiger partial charge in [-0.3, -0.25) is 19.3 Å². The van der Waals surface area contributed by atoms with Gasteiger partial charge in [0.1, 0.15) is 0 Å². The van der Waals surface area contributed by atoms with Crippen molar-refractivity contribution in [3.63, 3.8) is 0 Å². The predicted molar refractivity (Wildman–Crippen MR) is 113 cm³/mol. The quantitative estimate of drug-likeness (QED) is 0.485. The molecule has 0 unspecified atom stereocenters. The molecule has 0 saturated carbocycles. The summed E-state index contributed by atoms with van der Waals surface area (Å²) < 4.78 is 0. The molecule has 0 aromatic heterocycles. The van der Waals surface area contributed by atoms with Gasteiger partial charge in [-0.2, -0.15) is 0 Å². The third-order valence-corrected chi connectivity index (χ3v) is 4.52. The number of urea groups is 1. The standard InChI is InChI=1S/C22H22N4O4/c1-2-13-23-22(30)25-18-9-7-17(8-10-18)24-21(29)16-5-3-15(4-6-16)14-26-19(27)11-12-20(26)28/h2-10H,1,11-14H2,(H,24,29)(H2,23,25,30). The van der Waals surface area contributed by atoms with Crippen LogP contribution in [-0.2, 0) is 16.1 Å². The number of imide groups is 1. The molecule has 8 heteroatoms. The molecule has 3 N–H and O–H groups in total. The number of rotatable bonds is 7. The van der Waals surface area contributed by atoms with Crippen molar-refractivity contribution in [1.29, 1.82) is 0 Å². The Labute approximate surface area is 173 Å². The number of nitrogens with one attached hydrogen (secondary N) is 3. The Morgan fingerprint density at radius 1 is 0.900 bits per heavy atom. The molecule has 0 atom stereocenters. The van der Waals surface area contributed by atoms with E-state index in [1.54, 1.807) is 54.6 Å². The Morgan fingerprint density at radius 2 is 1.47 bits per heavy atom. The molecule has 30 heavy (non-hydrogen) atoms. The summed E-state index contributed by atoms with van der Waals surface area (Å²) in [4.78, 5) is 48.7. The first kappa shape index (κ1) is 20.8. The molecule has 154 valence electrons. The summed E-state index contributed by atoms with van der Waals surface area (Å²) in [6, 6.07) is 13.1. The van der Waals surface area contributed by atoms with Gasteiger partial charge in [0.05, 0.1) is 6.54 Å². The minimum absolute atomic E-state index is 0.169. The second-order valence-corrected chi connectivity index (χ2v) is 6.73. The molecule has 1 heterocycles. The fourth-order valence-corrected chi connectivity index (χ4v) is 2.92. The summed E-state index contributed by atoms with van der Waals surface area (Å²) in [5.41, 5.74) is 2.39. The van der Waals surface area contributed by atoms with Gasteiger partial charge in [-0.1, -0.05) is 18.2 Å². The van der Waals surface area contributed by atoms with Crippen molar-refractivity contribution in [2.75, 3.05) is 17.2 Å². The number of anilines is 2. The molecule has 2 aromatic carbocycles. The van der Waals surface area contributed by atoms with Gasteiger partial charge < -0.3 is 16.0 Å². The molecule has 1 aliphatic rings. The Bertz CT molecular complexity index is 952. The van der Waals surface area contributed by atoms with E-state index in [1.165, 1.54) is 4.90 Å². The molecule has 0 radical (unpaired) electrons. The van der Waals surface area contributed by atoms with Crippen LogP contribution in [0.5, 0.6) is 0 Å². The summed E-state index contributed by atoms with van der Waals surface area (Å²) >= 11 is 0. The van der Waals surface area contributed by atoms with Crippen molar-refractivity contribution in [2.24, 2.45) is 0 Å². The van der Waals surface area contributed by atoms with Crippen LogP contribution in [0.25, 0.3) is 0 Å². The van der Waals surface area contributed by atoms with E-state index >= 15 is 0 Å². The van der Waals surface area contributed by atoms with Gasteiger partial charge in [-0.05, 0) is 42.0 Å². The lowest BCUT2D eigenvalue weighted by Crippen LogP contribution is -2.28. The maximum Gasteiger partial charge on any atom is 0.319 e. The fraction of sp³-hybridized carbons (Fsp3) is 0.182. The molecule has 2 aromatic rings. The van der Waals surface area contributed by atoms with Crippen LogP contribution in [0.4, 0.5) is 16.2 Å². The monoisotopic (exact) mass is 406 g/mol. The van der Waals surface area contributed by atoms with Crippen LogP contribution in [0.3, 0.4) is 0 Å². The van der Waals surface area contributed by atoms with Crippen LogP contribution in [0, 0.1) is 0 Å². The molecule has 0 spiro atoms. The smallest absolute Gasteiger partial charge is 0.319 e. The SMILES string of the molecule is C=CCNC(=O)Nc1ccc(NC(=O)c2ccc(CN3C(=O)CCC3=O)cc2)cc1. The van der Waals surface area contributed by atoms with Crippen molar-refractivity contribution >= 4 is 35.1 Å². The molecule has 1 saturated heterocycles. The summed E-state index contributed by atoms with van der Waals surface area (Å²) in [7, 11) is 0. The van der Waals surface area contributed by atoms with E-state index in [-0.39, 0.29) is 43.1 Å². The van der Waals surface area contributed by atoms with E-state index in [4.69, 9.17) is 0 Å². The first-order valence-corrected chi connectivity index (χ1v) is 9.45. The van der Waals surface area contributed by atoms with Gasteiger partial charge in [-0.25, -0.2) is 4.79 Å². The highest BCUT2D eigenvalue weighted by Gasteiger charge is 2.28. The Morgan fingerprint density at radius 3 is 2.03 bits per heavy atom. The van der Waals surface area contributed by atoms with Gasteiger partial charge in [0.15, 0.2) is 0 Å². The van der Waals surface area contributed by atoms with Crippen LogP contribution in [0.15, 0.2) is 61.2 Å². The van der Waals surface area contributed by atoms with E-state index in [9.17, 15) is 19.2 Å². The van der Waals surface area contributed by atoms with Crippen LogP contribution in [-0.4, -0.2) is 35.2 Å². The molecule has 1 aliphatic heterocycles. The van der Waals surface area contributed by atoms with Crippen LogP contribution in [0.1, 0.15) is 28.8 Å². The average Bonchev–Trinajstić information content (AvgIpc) is 3.06. The predicted octanol–water partition coefficient (Wildman–Crippen LogP) is 2.90. The van der Waals surface area contributed by atoms with E-state index in [2.05, 4.69) is 22.5 Å². The Balaban J connectivity index is 1.55. The number of hydrogen-bond acceptors (Lipinski definition) is 4. The highest BCUT2D eigenvalue weighted by atomic mass is 16.2. The van der Waals surface area contributed by atoms with Gasteiger partial charge >= 0.3 is 6.03 Å². The van der Waals surface area contributed by atoms with Crippen LogP contribution < -0.4 is 16.0 Å². The lowest BCUT2D eigenvalue weighted by Gasteiger charge is -2.14. The third-order valence-electron chi connectivity index (χ3n) is 4.52. The lowest BCUT2D eigenvalue weighted by molar-refractivity contribution is -0.139. The zero-order valence-corrected chi connectivity index (χ0v) is 16.3. The zero-order valence-electron chi connectivity index (χ0n) is 16.3. The van der Waals surface area contributed by atoms with E-state index in [0.29, 0.717) is 23.5 Å². The largest absolute Gasteiger partial charge is 0.334 e. The molecular weight excluding hydrogens is 384 g/mol. The molecule has 1 fully saturated rings. The summed E-state index contributed by atoms with van der Waals surface area (Å²) in [5, 5.41) is 8.05. The molecule has 3 rings (SSSR count). The van der Waals surface area contributed by atoms with Gasteiger partial charge in [-0.15, -0.1) is 6.58 Å². The first-order valence-electron chi connectivity index (χ1n) is 9.45. The molecule has 0 bridgehead atoms. The fourth-order valence-electron chi connectivity index (χ4n) is 2.92. The van der Waals surface area contributed by atoms with Crippen molar-refractivity contribution in [1.82, 2.24) is 10.2 Å². The number of hydrogen-bond donors (Lipinski definition) is 3. The number of nitrogens with zero attached hydrogens (tertiary/aromatic N) is 1. The normalized spacial score (nSPS) is 13.1. The first-order chi connectivity index (χ1) is 14.5. The highest BCUT2D eigenvalue weighted by molar-refractivity contribution is 6.04. The maximum atomic E-state index is 12.4. The Hall–Kier alpha value is -3.94. The number of carbonyl (C=O) groups excluding carboxylic acids is 4. The Kier molecular flexibility index (Phi) is 6.59. The van der Waals surface area contributed by atoms with Gasteiger partial charge in [0, 0.05) is 36.3 Å². The summed E-state index contributed by atoms with van der Waals surface area (Å²) in [5.74, 6) is -0.629. The van der Waals surface area contributed by atoms with E-state index in [1.807, 2.05) is 0 Å². The summed E-state index contributed by atoms with van der Waals surface area (Å²) in [6.07, 6.45) is 2.09. The van der Waals surface area contributed by atoms with Gasteiger partial charge in [0.2, 0.25) is 11.8 Å². The molecule has 0 aliphatic carbocycles. The van der Waals surface area contributed by atoms with Crippen LogP contribution in [0.2, 0.25) is 0 Å². The average molecular weight is 406 g/mol. The number of likely N-dealkylation sites (tertiary alicyclic amines) is 1. The molecular formula is C22H22N4O4. The van der Waals surface area contributed by atoms with E-state index in [0.717, 1.165) is 5.56 Å².